The number of hydrogen-bond acceptors (Lipinski definition) is 4. The van der Waals surface area contributed by atoms with Crippen LogP contribution in [0.15, 0.2) is 0 Å². The molecule has 2 aliphatic heterocycles. The smallest absolute Gasteiger partial charge is 0.236 e. The lowest BCUT2D eigenvalue weighted by molar-refractivity contribution is -0.186. The van der Waals surface area contributed by atoms with Crippen molar-refractivity contribution in [2.24, 2.45) is 5.92 Å². The van der Waals surface area contributed by atoms with Crippen molar-refractivity contribution in [3.63, 3.8) is 0 Å². The molecule has 2 aliphatic rings. The second-order valence-corrected chi connectivity index (χ2v) is 6.87. The maximum Gasteiger partial charge on any atom is 0.236 e. The van der Waals surface area contributed by atoms with E-state index in [9.17, 15) is 4.79 Å². The molecular weight excluding hydrogens is 268 g/mol. The predicted octanol–water partition coefficient (Wildman–Crippen LogP) is 1.72. The minimum absolute atomic E-state index is 0.215. The van der Waals surface area contributed by atoms with Crippen molar-refractivity contribution in [2.75, 3.05) is 39.9 Å². The quantitative estimate of drug-likeness (QED) is 0.775. The minimum atomic E-state index is -0.351. The van der Waals surface area contributed by atoms with Crippen molar-refractivity contribution in [2.45, 2.75) is 51.9 Å². The van der Waals surface area contributed by atoms with E-state index in [4.69, 9.17) is 9.47 Å². The largest absolute Gasteiger partial charge is 0.347 e. The molecule has 1 amide bonds. The van der Waals surface area contributed by atoms with Crippen LogP contribution in [0.5, 0.6) is 0 Å². The first-order valence-corrected chi connectivity index (χ1v) is 8.18. The van der Waals surface area contributed by atoms with E-state index in [1.807, 2.05) is 11.9 Å². The van der Waals surface area contributed by atoms with Gasteiger partial charge in [-0.2, -0.15) is 0 Å². The van der Waals surface area contributed by atoms with Gasteiger partial charge < -0.3 is 14.4 Å². The molecule has 5 nitrogen and oxygen atoms in total. The summed E-state index contributed by atoms with van der Waals surface area (Å²) in [4.78, 5) is 16.5. The van der Waals surface area contributed by atoms with Gasteiger partial charge in [0.1, 0.15) is 0 Å². The standard InChI is InChI=1S/C16H30N2O3/c1-13(2)11-14(3)17(4)15(19)12-18-7-5-16(6-8-18)20-9-10-21-16/h13-14H,5-12H2,1-4H3/t14-/m0/s1. The fourth-order valence-electron chi connectivity index (χ4n) is 3.23. The Morgan fingerprint density at radius 3 is 2.29 bits per heavy atom. The van der Waals surface area contributed by atoms with Crippen LogP contribution in [0, 0.1) is 5.92 Å². The van der Waals surface area contributed by atoms with Crippen LogP contribution in [0.2, 0.25) is 0 Å². The Kier molecular flexibility index (Phi) is 5.63. The lowest BCUT2D eigenvalue weighted by atomic mass is 10.0. The van der Waals surface area contributed by atoms with Gasteiger partial charge >= 0.3 is 0 Å². The van der Waals surface area contributed by atoms with E-state index in [0.29, 0.717) is 31.7 Å². The summed E-state index contributed by atoms with van der Waals surface area (Å²) in [5.41, 5.74) is 0. The van der Waals surface area contributed by atoms with Gasteiger partial charge in [0, 0.05) is 39.0 Å². The molecule has 0 aliphatic carbocycles. The third-order valence-corrected chi connectivity index (χ3v) is 4.66. The molecule has 0 aromatic heterocycles. The maximum atomic E-state index is 12.4. The number of amides is 1. The van der Waals surface area contributed by atoms with Crippen molar-refractivity contribution >= 4 is 5.91 Å². The highest BCUT2D eigenvalue weighted by Gasteiger charge is 2.40. The second-order valence-electron chi connectivity index (χ2n) is 6.87. The molecule has 0 radical (unpaired) electrons. The summed E-state index contributed by atoms with van der Waals surface area (Å²) in [6, 6.07) is 0.301. The Labute approximate surface area is 128 Å². The molecule has 0 bridgehead atoms. The van der Waals surface area contributed by atoms with Gasteiger partial charge in [0.2, 0.25) is 5.91 Å². The number of hydrogen-bond donors (Lipinski definition) is 0. The zero-order valence-electron chi connectivity index (χ0n) is 13.9. The Bertz CT molecular complexity index is 343. The van der Waals surface area contributed by atoms with Gasteiger partial charge in [0.25, 0.3) is 0 Å². The normalized spacial score (nSPS) is 23.7. The number of rotatable bonds is 5. The molecule has 2 rings (SSSR count). The summed E-state index contributed by atoms with van der Waals surface area (Å²) in [5, 5.41) is 0. The van der Waals surface area contributed by atoms with Crippen LogP contribution >= 0.6 is 0 Å². The Hall–Kier alpha value is -0.650. The van der Waals surface area contributed by atoms with Crippen LogP contribution in [0.1, 0.15) is 40.0 Å². The lowest BCUT2D eigenvalue weighted by Crippen LogP contribution is -2.49. The van der Waals surface area contributed by atoms with Crippen molar-refractivity contribution in [3.8, 4) is 0 Å². The molecular formula is C16H30N2O3. The molecule has 0 aromatic rings. The molecule has 0 unspecified atom stereocenters. The summed E-state index contributed by atoms with van der Waals surface area (Å²) >= 11 is 0. The highest BCUT2D eigenvalue weighted by molar-refractivity contribution is 5.78. The number of piperidine rings is 1. The molecule has 122 valence electrons. The van der Waals surface area contributed by atoms with Gasteiger partial charge in [-0.25, -0.2) is 0 Å². The number of carbonyl (C=O) groups excluding carboxylic acids is 1. The van der Waals surface area contributed by atoms with Gasteiger partial charge in [-0.15, -0.1) is 0 Å². The number of ether oxygens (including phenoxy) is 2. The lowest BCUT2D eigenvalue weighted by Gasteiger charge is -2.38. The van der Waals surface area contributed by atoms with Crippen LogP contribution in [-0.4, -0.2) is 67.4 Å². The topological polar surface area (TPSA) is 42.0 Å². The Balaban J connectivity index is 1.76. The average Bonchev–Trinajstić information content (AvgIpc) is 2.88. The molecule has 5 heteroatoms. The highest BCUT2D eigenvalue weighted by atomic mass is 16.7. The Morgan fingerprint density at radius 2 is 1.76 bits per heavy atom. The summed E-state index contributed by atoms with van der Waals surface area (Å²) < 4.78 is 11.4. The van der Waals surface area contributed by atoms with Crippen LogP contribution in [-0.2, 0) is 14.3 Å². The monoisotopic (exact) mass is 298 g/mol. The third kappa shape index (κ3) is 4.41. The fraction of sp³-hybridized carbons (Fsp3) is 0.938. The summed E-state index contributed by atoms with van der Waals surface area (Å²) in [7, 11) is 1.92. The third-order valence-electron chi connectivity index (χ3n) is 4.66. The molecule has 21 heavy (non-hydrogen) atoms. The summed E-state index contributed by atoms with van der Waals surface area (Å²) in [6.45, 7) is 10.2. The molecule has 2 heterocycles. The van der Waals surface area contributed by atoms with Crippen molar-refractivity contribution < 1.29 is 14.3 Å². The van der Waals surface area contributed by atoms with Crippen LogP contribution in [0.4, 0.5) is 0 Å². The molecule has 1 atom stereocenters. The first-order chi connectivity index (χ1) is 9.92. The number of likely N-dealkylation sites (tertiary alicyclic amines) is 1. The van der Waals surface area contributed by atoms with Gasteiger partial charge in [0.05, 0.1) is 19.8 Å². The average molecular weight is 298 g/mol. The number of nitrogens with zero attached hydrogens (tertiary/aromatic N) is 2. The predicted molar refractivity (Wildman–Crippen MR) is 82.0 cm³/mol. The summed E-state index contributed by atoms with van der Waals surface area (Å²) in [5.74, 6) is 0.477. The van der Waals surface area contributed by atoms with Crippen LogP contribution < -0.4 is 0 Å². The maximum absolute atomic E-state index is 12.4. The highest BCUT2D eigenvalue weighted by Crippen LogP contribution is 2.31. The first-order valence-electron chi connectivity index (χ1n) is 8.18. The van der Waals surface area contributed by atoms with Crippen molar-refractivity contribution in [1.82, 2.24) is 9.80 Å². The molecule has 2 saturated heterocycles. The van der Waals surface area contributed by atoms with Crippen LogP contribution in [0.25, 0.3) is 0 Å². The van der Waals surface area contributed by atoms with E-state index >= 15 is 0 Å². The van der Waals surface area contributed by atoms with Crippen molar-refractivity contribution in [1.29, 1.82) is 0 Å². The van der Waals surface area contributed by atoms with E-state index in [2.05, 4.69) is 25.7 Å². The fourth-order valence-corrected chi connectivity index (χ4v) is 3.23. The first kappa shape index (κ1) is 16.7. The number of carbonyl (C=O) groups is 1. The zero-order valence-corrected chi connectivity index (χ0v) is 13.9. The molecule has 1 spiro atoms. The van der Waals surface area contributed by atoms with E-state index < -0.39 is 0 Å². The molecule has 0 aromatic carbocycles. The van der Waals surface area contributed by atoms with Gasteiger partial charge in [-0.1, -0.05) is 13.8 Å². The molecule has 0 N–H and O–H groups in total. The second kappa shape index (κ2) is 7.07. The van der Waals surface area contributed by atoms with Crippen LogP contribution in [0.3, 0.4) is 0 Å². The van der Waals surface area contributed by atoms with E-state index in [1.165, 1.54) is 0 Å². The minimum Gasteiger partial charge on any atom is -0.347 e. The van der Waals surface area contributed by atoms with E-state index in [1.54, 1.807) is 0 Å². The van der Waals surface area contributed by atoms with E-state index in [-0.39, 0.29) is 11.7 Å². The Morgan fingerprint density at radius 1 is 1.19 bits per heavy atom. The van der Waals surface area contributed by atoms with Gasteiger partial charge in [-0.05, 0) is 19.3 Å². The zero-order chi connectivity index (χ0) is 15.5. The number of likely N-dealkylation sites (N-methyl/N-ethyl adjacent to an activating group) is 1. The SMILES string of the molecule is CC(C)C[C@H](C)N(C)C(=O)CN1CCC2(CC1)OCCO2. The van der Waals surface area contributed by atoms with Gasteiger partial charge in [-0.3, -0.25) is 9.69 Å². The van der Waals surface area contributed by atoms with E-state index in [0.717, 1.165) is 32.4 Å². The summed E-state index contributed by atoms with van der Waals surface area (Å²) in [6.07, 6.45) is 2.78. The van der Waals surface area contributed by atoms with Gasteiger partial charge in [0.15, 0.2) is 5.79 Å². The molecule has 2 fully saturated rings. The molecule has 0 saturated carbocycles. The van der Waals surface area contributed by atoms with Crippen molar-refractivity contribution in [3.05, 3.63) is 0 Å².